The highest BCUT2D eigenvalue weighted by Gasteiger charge is 2.11. The van der Waals surface area contributed by atoms with Crippen LogP contribution in [0.4, 0.5) is 5.69 Å². The van der Waals surface area contributed by atoms with Crippen molar-refractivity contribution in [1.29, 1.82) is 0 Å². The van der Waals surface area contributed by atoms with E-state index in [4.69, 9.17) is 0 Å². The number of benzene rings is 1. The Kier molecular flexibility index (Phi) is 4.11. The largest absolute Gasteiger partial charge is 0.374 e. The Morgan fingerprint density at radius 2 is 1.76 bits per heavy atom. The van der Waals surface area contributed by atoms with E-state index in [1.807, 2.05) is 0 Å². The van der Waals surface area contributed by atoms with Gasteiger partial charge in [0.2, 0.25) is 5.91 Å². The molecule has 1 rings (SSSR count). The molecule has 0 saturated carbocycles. The Bertz CT molecular complexity index is 494. The summed E-state index contributed by atoms with van der Waals surface area (Å²) in [5.41, 5.74) is 0.702. The van der Waals surface area contributed by atoms with Crippen molar-refractivity contribution in [3.05, 3.63) is 24.3 Å². The molecule has 0 aliphatic carbocycles. The normalized spacial score (nSPS) is 12.9. The minimum atomic E-state index is -3.18. The molecule has 0 bridgehead atoms. The number of rotatable bonds is 4. The maximum atomic E-state index is 11.3. The lowest BCUT2D eigenvalue weighted by molar-refractivity contribution is -0.121. The zero-order valence-electron chi connectivity index (χ0n) is 10.0. The maximum absolute atomic E-state index is 11.3. The lowest BCUT2D eigenvalue weighted by Gasteiger charge is -2.13. The van der Waals surface area contributed by atoms with E-state index in [-0.39, 0.29) is 16.8 Å². The third kappa shape index (κ3) is 3.74. The van der Waals surface area contributed by atoms with E-state index in [9.17, 15) is 13.2 Å². The van der Waals surface area contributed by atoms with Gasteiger partial charge in [-0.3, -0.25) is 4.79 Å². The van der Waals surface area contributed by atoms with Crippen LogP contribution in [-0.2, 0) is 14.6 Å². The average molecular weight is 256 g/mol. The molecule has 0 aliphatic heterocycles. The summed E-state index contributed by atoms with van der Waals surface area (Å²) in [4.78, 5) is 11.5. The third-order valence-corrected chi connectivity index (χ3v) is 3.43. The first-order chi connectivity index (χ1) is 7.84. The van der Waals surface area contributed by atoms with Crippen LogP contribution in [0.15, 0.2) is 29.2 Å². The minimum Gasteiger partial charge on any atom is -0.374 e. The molecule has 2 N–H and O–H groups in total. The smallest absolute Gasteiger partial charge is 0.241 e. The number of hydrogen-bond acceptors (Lipinski definition) is 4. The van der Waals surface area contributed by atoms with Gasteiger partial charge in [0.25, 0.3) is 0 Å². The fraction of sp³-hybridized carbons (Fsp3) is 0.364. The molecular formula is C11H16N2O3S. The molecular weight excluding hydrogens is 240 g/mol. The van der Waals surface area contributed by atoms with Gasteiger partial charge in [-0.15, -0.1) is 0 Å². The summed E-state index contributed by atoms with van der Waals surface area (Å²) in [7, 11) is -1.61. The Morgan fingerprint density at radius 1 is 1.24 bits per heavy atom. The Labute approximate surface area is 101 Å². The van der Waals surface area contributed by atoms with Crippen molar-refractivity contribution in [3.8, 4) is 0 Å². The van der Waals surface area contributed by atoms with Gasteiger partial charge < -0.3 is 10.6 Å². The van der Waals surface area contributed by atoms with Crippen LogP contribution in [0.3, 0.4) is 0 Å². The molecule has 17 heavy (non-hydrogen) atoms. The molecule has 0 radical (unpaired) electrons. The van der Waals surface area contributed by atoms with Crippen molar-refractivity contribution in [1.82, 2.24) is 5.32 Å². The SMILES string of the molecule is CNC(=O)C(C)Nc1ccc(S(C)(=O)=O)cc1. The summed E-state index contributed by atoms with van der Waals surface area (Å²) in [6.45, 7) is 1.73. The lowest BCUT2D eigenvalue weighted by atomic mass is 10.2. The molecule has 0 aromatic heterocycles. The second-order valence-corrected chi connectivity index (χ2v) is 5.79. The number of sulfone groups is 1. The number of carbonyl (C=O) groups is 1. The minimum absolute atomic E-state index is 0.128. The van der Waals surface area contributed by atoms with Gasteiger partial charge in [0.05, 0.1) is 4.90 Å². The number of nitrogens with one attached hydrogen (secondary N) is 2. The molecule has 0 fully saturated rings. The topological polar surface area (TPSA) is 75.3 Å². The first-order valence-corrected chi connectivity index (χ1v) is 7.02. The van der Waals surface area contributed by atoms with Gasteiger partial charge in [0.15, 0.2) is 9.84 Å². The van der Waals surface area contributed by atoms with Gasteiger partial charge in [-0.1, -0.05) is 0 Å². The quantitative estimate of drug-likeness (QED) is 0.829. The molecule has 0 spiro atoms. The van der Waals surface area contributed by atoms with Crippen molar-refractivity contribution in [2.45, 2.75) is 17.9 Å². The van der Waals surface area contributed by atoms with E-state index in [0.717, 1.165) is 6.26 Å². The summed E-state index contributed by atoms with van der Waals surface area (Å²) >= 11 is 0. The molecule has 1 unspecified atom stereocenters. The Morgan fingerprint density at radius 3 is 2.18 bits per heavy atom. The number of hydrogen-bond donors (Lipinski definition) is 2. The van der Waals surface area contributed by atoms with Gasteiger partial charge in [-0.25, -0.2) is 8.42 Å². The molecule has 0 heterocycles. The summed E-state index contributed by atoms with van der Waals surface area (Å²) in [5, 5.41) is 5.49. The summed E-state index contributed by atoms with van der Waals surface area (Å²) in [6.07, 6.45) is 1.16. The van der Waals surface area contributed by atoms with Crippen LogP contribution in [0.1, 0.15) is 6.92 Å². The van der Waals surface area contributed by atoms with Crippen molar-refractivity contribution < 1.29 is 13.2 Å². The van der Waals surface area contributed by atoms with Crippen LogP contribution in [0.2, 0.25) is 0 Å². The van der Waals surface area contributed by atoms with E-state index >= 15 is 0 Å². The predicted octanol–water partition coefficient (Wildman–Crippen LogP) is 0.636. The highest BCUT2D eigenvalue weighted by atomic mass is 32.2. The van der Waals surface area contributed by atoms with E-state index in [1.54, 1.807) is 26.1 Å². The van der Waals surface area contributed by atoms with E-state index < -0.39 is 9.84 Å². The number of likely N-dealkylation sites (N-methyl/N-ethyl adjacent to an activating group) is 1. The van der Waals surface area contributed by atoms with Crippen molar-refractivity contribution in [3.63, 3.8) is 0 Å². The van der Waals surface area contributed by atoms with Gasteiger partial charge >= 0.3 is 0 Å². The molecule has 0 aliphatic rings. The van der Waals surface area contributed by atoms with Crippen LogP contribution >= 0.6 is 0 Å². The zero-order chi connectivity index (χ0) is 13.1. The molecule has 6 heteroatoms. The average Bonchev–Trinajstić information content (AvgIpc) is 2.27. The van der Waals surface area contributed by atoms with Crippen molar-refractivity contribution in [2.75, 3.05) is 18.6 Å². The van der Waals surface area contributed by atoms with Gasteiger partial charge in [0, 0.05) is 19.0 Å². The fourth-order valence-corrected chi connectivity index (χ4v) is 1.96. The fourth-order valence-electron chi connectivity index (χ4n) is 1.33. The summed E-state index contributed by atoms with van der Waals surface area (Å²) < 4.78 is 22.5. The molecule has 1 amide bonds. The molecule has 0 saturated heterocycles. The van der Waals surface area contributed by atoms with Gasteiger partial charge in [0.1, 0.15) is 6.04 Å². The van der Waals surface area contributed by atoms with Gasteiger partial charge in [-0.05, 0) is 31.2 Å². The van der Waals surface area contributed by atoms with Crippen LogP contribution in [0, 0.1) is 0 Å². The highest BCUT2D eigenvalue weighted by molar-refractivity contribution is 7.90. The van der Waals surface area contributed by atoms with Crippen molar-refractivity contribution >= 4 is 21.4 Å². The second kappa shape index (κ2) is 5.18. The molecule has 94 valence electrons. The number of anilines is 1. The predicted molar refractivity (Wildman–Crippen MR) is 66.7 cm³/mol. The lowest BCUT2D eigenvalue weighted by Crippen LogP contribution is -2.35. The first kappa shape index (κ1) is 13.5. The van der Waals surface area contributed by atoms with Crippen LogP contribution < -0.4 is 10.6 Å². The molecule has 1 aromatic carbocycles. The van der Waals surface area contributed by atoms with E-state index in [2.05, 4.69) is 10.6 Å². The molecule has 1 atom stereocenters. The Balaban J connectivity index is 2.79. The number of amides is 1. The monoisotopic (exact) mass is 256 g/mol. The summed E-state index contributed by atoms with van der Waals surface area (Å²) in [5.74, 6) is -0.128. The first-order valence-electron chi connectivity index (χ1n) is 5.13. The van der Waals surface area contributed by atoms with Crippen LogP contribution in [0.5, 0.6) is 0 Å². The van der Waals surface area contributed by atoms with E-state index in [0.29, 0.717) is 5.69 Å². The van der Waals surface area contributed by atoms with E-state index in [1.165, 1.54) is 12.1 Å². The Hall–Kier alpha value is -1.56. The van der Waals surface area contributed by atoms with Gasteiger partial charge in [-0.2, -0.15) is 0 Å². The van der Waals surface area contributed by atoms with Crippen molar-refractivity contribution in [2.24, 2.45) is 0 Å². The van der Waals surface area contributed by atoms with Crippen LogP contribution in [0.25, 0.3) is 0 Å². The standard InChI is InChI=1S/C11H16N2O3S/c1-8(11(14)12-2)13-9-4-6-10(7-5-9)17(3,15)16/h4-8,13H,1-3H3,(H,12,14). The maximum Gasteiger partial charge on any atom is 0.241 e. The highest BCUT2D eigenvalue weighted by Crippen LogP contribution is 2.14. The summed E-state index contributed by atoms with van der Waals surface area (Å²) in [6, 6.07) is 5.91. The van der Waals surface area contributed by atoms with Crippen LogP contribution in [-0.4, -0.2) is 33.7 Å². The molecule has 5 nitrogen and oxygen atoms in total. The number of carbonyl (C=O) groups excluding carboxylic acids is 1. The molecule has 1 aromatic rings. The zero-order valence-corrected chi connectivity index (χ0v) is 10.8. The second-order valence-electron chi connectivity index (χ2n) is 3.78. The third-order valence-electron chi connectivity index (χ3n) is 2.31.